The maximum absolute atomic E-state index is 12.7. The van der Waals surface area contributed by atoms with Crippen molar-refractivity contribution in [2.45, 2.75) is 38.8 Å². The summed E-state index contributed by atoms with van der Waals surface area (Å²) in [4.78, 5) is 26.8. The molecule has 1 aliphatic heterocycles. The highest BCUT2D eigenvalue weighted by Crippen LogP contribution is 2.29. The summed E-state index contributed by atoms with van der Waals surface area (Å²) in [6.07, 6.45) is 1.52. The molecule has 154 valence electrons. The maximum Gasteiger partial charge on any atom is 0.251 e. The molecule has 1 saturated heterocycles. The van der Waals surface area contributed by atoms with Gasteiger partial charge in [0.1, 0.15) is 12.1 Å². The lowest BCUT2D eigenvalue weighted by atomic mass is 10.1. The first-order valence-electron chi connectivity index (χ1n) is 10.1. The van der Waals surface area contributed by atoms with Crippen LogP contribution in [0, 0.1) is 0 Å². The van der Waals surface area contributed by atoms with E-state index in [0.717, 1.165) is 24.3 Å². The van der Waals surface area contributed by atoms with E-state index in [1.165, 1.54) is 0 Å². The van der Waals surface area contributed by atoms with Crippen molar-refractivity contribution >= 4 is 11.8 Å². The Labute approximate surface area is 171 Å². The molecule has 0 aliphatic carbocycles. The quantitative estimate of drug-likeness (QED) is 0.780. The van der Waals surface area contributed by atoms with Crippen molar-refractivity contribution in [2.75, 3.05) is 19.7 Å². The third kappa shape index (κ3) is 5.50. The van der Waals surface area contributed by atoms with Crippen LogP contribution in [0.1, 0.15) is 37.0 Å². The van der Waals surface area contributed by atoms with Gasteiger partial charge in [0.05, 0.1) is 6.61 Å². The van der Waals surface area contributed by atoms with Crippen molar-refractivity contribution in [1.29, 1.82) is 0 Å². The molecule has 2 aromatic carbocycles. The number of carbonyl (C=O) groups excluding carboxylic acids is 2. The summed E-state index contributed by atoms with van der Waals surface area (Å²) < 4.78 is 11.7. The Hall–Kier alpha value is -3.02. The molecule has 1 aliphatic rings. The van der Waals surface area contributed by atoms with Gasteiger partial charge in [-0.05, 0) is 38.1 Å². The standard InChI is InChI=1S/C23H28N2O4/c1-3-28-20-11-7-8-12-21(20)29-19-13-15-25(16-14-19)23(27)17(2)24-22(26)18-9-5-4-6-10-18/h4-12,17,19H,3,13-16H2,1-2H3,(H,24,26). The fraction of sp³-hybridized carbons (Fsp3) is 0.391. The average Bonchev–Trinajstić information content (AvgIpc) is 2.76. The van der Waals surface area contributed by atoms with Crippen LogP contribution in [-0.2, 0) is 4.79 Å². The van der Waals surface area contributed by atoms with Crippen LogP contribution < -0.4 is 14.8 Å². The lowest BCUT2D eigenvalue weighted by Gasteiger charge is -2.34. The Morgan fingerprint density at radius 3 is 2.31 bits per heavy atom. The van der Waals surface area contributed by atoms with E-state index >= 15 is 0 Å². The van der Waals surface area contributed by atoms with Crippen molar-refractivity contribution < 1.29 is 19.1 Å². The number of para-hydroxylation sites is 2. The molecule has 2 aromatic rings. The van der Waals surface area contributed by atoms with Gasteiger partial charge in [0.15, 0.2) is 11.5 Å². The molecule has 29 heavy (non-hydrogen) atoms. The topological polar surface area (TPSA) is 67.9 Å². The highest BCUT2D eigenvalue weighted by atomic mass is 16.5. The monoisotopic (exact) mass is 396 g/mol. The number of nitrogens with one attached hydrogen (secondary N) is 1. The van der Waals surface area contributed by atoms with E-state index in [0.29, 0.717) is 25.3 Å². The van der Waals surface area contributed by atoms with E-state index in [9.17, 15) is 9.59 Å². The summed E-state index contributed by atoms with van der Waals surface area (Å²) >= 11 is 0. The number of amides is 2. The number of nitrogens with zero attached hydrogens (tertiary/aromatic N) is 1. The molecule has 0 radical (unpaired) electrons. The first-order chi connectivity index (χ1) is 14.1. The van der Waals surface area contributed by atoms with Crippen molar-refractivity contribution in [2.24, 2.45) is 0 Å². The van der Waals surface area contributed by atoms with Crippen LogP contribution in [0.2, 0.25) is 0 Å². The lowest BCUT2D eigenvalue weighted by molar-refractivity contribution is -0.134. The lowest BCUT2D eigenvalue weighted by Crippen LogP contribution is -2.50. The number of likely N-dealkylation sites (tertiary alicyclic amines) is 1. The fourth-order valence-electron chi connectivity index (χ4n) is 3.40. The van der Waals surface area contributed by atoms with E-state index in [2.05, 4.69) is 5.32 Å². The highest BCUT2D eigenvalue weighted by Gasteiger charge is 2.28. The van der Waals surface area contributed by atoms with E-state index in [1.54, 1.807) is 36.1 Å². The predicted octanol–water partition coefficient (Wildman–Crippen LogP) is 3.27. The number of carbonyl (C=O) groups is 2. The van der Waals surface area contributed by atoms with Gasteiger partial charge in [0.2, 0.25) is 5.91 Å². The third-order valence-corrected chi connectivity index (χ3v) is 4.95. The van der Waals surface area contributed by atoms with Gasteiger partial charge >= 0.3 is 0 Å². The molecule has 6 nitrogen and oxygen atoms in total. The van der Waals surface area contributed by atoms with Crippen molar-refractivity contribution in [3.05, 3.63) is 60.2 Å². The maximum atomic E-state index is 12.7. The Balaban J connectivity index is 1.50. The Morgan fingerprint density at radius 2 is 1.66 bits per heavy atom. The number of rotatable bonds is 7. The zero-order valence-electron chi connectivity index (χ0n) is 17.0. The molecule has 1 unspecified atom stereocenters. The summed E-state index contributed by atoms with van der Waals surface area (Å²) in [7, 11) is 0. The van der Waals surface area contributed by atoms with E-state index in [4.69, 9.17) is 9.47 Å². The Morgan fingerprint density at radius 1 is 1.03 bits per heavy atom. The molecule has 0 spiro atoms. The second-order valence-electron chi connectivity index (χ2n) is 7.08. The SMILES string of the molecule is CCOc1ccccc1OC1CCN(C(=O)C(C)NC(=O)c2ccccc2)CC1. The van der Waals surface area contributed by atoms with Crippen LogP contribution in [0.4, 0.5) is 0 Å². The minimum absolute atomic E-state index is 0.0369. The normalized spacial score (nSPS) is 15.4. The largest absolute Gasteiger partial charge is 0.490 e. The molecule has 1 heterocycles. The van der Waals surface area contributed by atoms with Crippen LogP contribution >= 0.6 is 0 Å². The first-order valence-corrected chi connectivity index (χ1v) is 10.1. The second-order valence-corrected chi connectivity index (χ2v) is 7.08. The molecule has 0 bridgehead atoms. The van der Waals surface area contributed by atoms with Gasteiger partial charge in [-0.3, -0.25) is 9.59 Å². The molecule has 3 rings (SSSR count). The van der Waals surface area contributed by atoms with Gasteiger partial charge in [0.25, 0.3) is 5.91 Å². The van der Waals surface area contributed by atoms with Crippen molar-refractivity contribution in [3.63, 3.8) is 0 Å². The minimum atomic E-state index is -0.571. The number of piperidine rings is 1. The van der Waals surface area contributed by atoms with Crippen molar-refractivity contribution in [3.8, 4) is 11.5 Å². The summed E-state index contributed by atoms with van der Waals surface area (Å²) in [5.74, 6) is 1.17. The van der Waals surface area contributed by atoms with E-state index in [1.807, 2.05) is 37.3 Å². The van der Waals surface area contributed by atoms with Gasteiger partial charge in [0, 0.05) is 31.5 Å². The summed E-state index contributed by atoms with van der Waals surface area (Å²) in [5.41, 5.74) is 0.548. The predicted molar refractivity (Wildman–Crippen MR) is 111 cm³/mol. The molecule has 0 saturated carbocycles. The molecule has 6 heteroatoms. The second kappa shape index (κ2) is 9.96. The van der Waals surface area contributed by atoms with Crippen molar-refractivity contribution in [1.82, 2.24) is 10.2 Å². The zero-order valence-corrected chi connectivity index (χ0v) is 17.0. The van der Waals surface area contributed by atoms with E-state index in [-0.39, 0.29) is 17.9 Å². The van der Waals surface area contributed by atoms with E-state index < -0.39 is 6.04 Å². The van der Waals surface area contributed by atoms with Crippen LogP contribution in [0.25, 0.3) is 0 Å². The van der Waals surface area contributed by atoms with Gasteiger partial charge in [-0.2, -0.15) is 0 Å². The number of benzene rings is 2. The molecular formula is C23H28N2O4. The Kier molecular flexibility index (Phi) is 7.11. The minimum Gasteiger partial charge on any atom is -0.490 e. The third-order valence-electron chi connectivity index (χ3n) is 4.95. The average molecular weight is 396 g/mol. The molecule has 1 atom stereocenters. The summed E-state index contributed by atoms with van der Waals surface area (Å²) in [6, 6.07) is 16.0. The summed E-state index contributed by atoms with van der Waals surface area (Å²) in [6.45, 7) is 5.46. The summed E-state index contributed by atoms with van der Waals surface area (Å²) in [5, 5.41) is 2.79. The smallest absolute Gasteiger partial charge is 0.251 e. The van der Waals surface area contributed by atoms with Crippen LogP contribution in [0.15, 0.2) is 54.6 Å². The van der Waals surface area contributed by atoms with Crippen LogP contribution in [-0.4, -0.2) is 48.6 Å². The first kappa shape index (κ1) is 20.7. The highest BCUT2D eigenvalue weighted by molar-refractivity contribution is 5.97. The Bertz CT molecular complexity index is 817. The van der Waals surface area contributed by atoms with Gasteiger partial charge < -0.3 is 19.7 Å². The fourth-order valence-corrected chi connectivity index (χ4v) is 3.40. The van der Waals surface area contributed by atoms with Gasteiger partial charge in [-0.15, -0.1) is 0 Å². The van der Waals surface area contributed by atoms with Crippen LogP contribution in [0.3, 0.4) is 0 Å². The zero-order chi connectivity index (χ0) is 20.6. The van der Waals surface area contributed by atoms with Gasteiger partial charge in [-0.25, -0.2) is 0 Å². The molecule has 1 fully saturated rings. The van der Waals surface area contributed by atoms with Gasteiger partial charge in [-0.1, -0.05) is 30.3 Å². The number of hydrogen-bond donors (Lipinski definition) is 1. The molecule has 1 N–H and O–H groups in total. The van der Waals surface area contributed by atoms with Crippen LogP contribution in [0.5, 0.6) is 11.5 Å². The number of hydrogen-bond acceptors (Lipinski definition) is 4. The number of ether oxygens (including phenoxy) is 2. The molecular weight excluding hydrogens is 368 g/mol. The molecule has 0 aromatic heterocycles. The molecule has 2 amide bonds.